The average Bonchev–Trinajstić information content (AvgIpc) is 2.34. The number of hydrogen-bond donors (Lipinski definition) is 1. The van der Waals surface area contributed by atoms with Crippen LogP contribution in [0.2, 0.25) is 0 Å². The minimum atomic E-state index is 0.220. The van der Waals surface area contributed by atoms with Crippen molar-refractivity contribution in [2.24, 2.45) is 0 Å². The second-order valence-corrected chi connectivity index (χ2v) is 4.90. The molecule has 0 aliphatic carbocycles. The summed E-state index contributed by atoms with van der Waals surface area (Å²) in [5, 5.41) is 3.19. The van der Waals surface area contributed by atoms with Crippen LogP contribution < -0.4 is 10.1 Å². The summed E-state index contributed by atoms with van der Waals surface area (Å²) in [6.45, 7) is 12.1. The third-order valence-electron chi connectivity index (χ3n) is 2.38. The van der Waals surface area contributed by atoms with Crippen molar-refractivity contribution in [1.82, 2.24) is 9.97 Å². The molecular weight excluding hydrogens is 242 g/mol. The lowest BCUT2D eigenvalue weighted by Gasteiger charge is -2.12. The van der Waals surface area contributed by atoms with Gasteiger partial charge >= 0.3 is 0 Å². The van der Waals surface area contributed by atoms with Crippen molar-refractivity contribution >= 4 is 5.82 Å². The highest BCUT2D eigenvalue weighted by Crippen LogP contribution is 2.18. The summed E-state index contributed by atoms with van der Waals surface area (Å²) >= 11 is 0. The first kappa shape index (κ1) is 15.7. The van der Waals surface area contributed by atoms with E-state index < -0.39 is 0 Å². The van der Waals surface area contributed by atoms with E-state index in [4.69, 9.17) is 9.47 Å². The van der Waals surface area contributed by atoms with Gasteiger partial charge in [-0.05, 0) is 20.8 Å². The standard InChI is InChI=1S/C14H25N3O2/c1-6-15-12-9-13(17-14(16-12)10(2)3)19-8-7-18-11(4)5/h9-11H,6-8H2,1-5H3,(H,15,16,17). The van der Waals surface area contributed by atoms with Gasteiger partial charge in [-0.1, -0.05) is 13.8 Å². The van der Waals surface area contributed by atoms with Gasteiger partial charge in [0.25, 0.3) is 0 Å². The van der Waals surface area contributed by atoms with Gasteiger partial charge in [-0.3, -0.25) is 0 Å². The number of aromatic nitrogens is 2. The number of ether oxygens (including phenoxy) is 2. The van der Waals surface area contributed by atoms with Crippen molar-refractivity contribution in [1.29, 1.82) is 0 Å². The highest BCUT2D eigenvalue weighted by Gasteiger charge is 2.08. The fourth-order valence-electron chi connectivity index (χ4n) is 1.48. The zero-order valence-corrected chi connectivity index (χ0v) is 12.6. The third-order valence-corrected chi connectivity index (χ3v) is 2.38. The number of anilines is 1. The average molecular weight is 267 g/mol. The Morgan fingerprint density at radius 2 is 1.89 bits per heavy atom. The predicted molar refractivity (Wildman–Crippen MR) is 76.9 cm³/mol. The maximum absolute atomic E-state index is 5.62. The summed E-state index contributed by atoms with van der Waals surface area (Å²) in [6, 6.07) is 1.82. The molecule has 1 rings (SSSR count). The lowest BCUT2D eigenvalue weighted by atomic mass is 10.2. The van der Waals surface area contributed by atoms with E-state index in [2.05, 4.69) is 29.1 Å². The predicted octanol–water partition coefficient (Wildman–Crippen LogP) is 2.84. The molecule has 0 radical (unpaired) electrons. The van der Waals surface area contributed by atoms with Crippen molar-refractivity contribution in [3.63, 3.8) is 0 Å². The topological polar surface area (TPSA) is 56.3 Å². The fourth-order valence-corrected chi connectivity index (χ4v) is 1.48. The van der Waals surface area contributed by atoms with Gasteiger partial charge in [-0.15, -0.1) is 0 Å². The number of nitrogens with one attached hydrogen (secondary N) is 1. The van der Waals surface area contributed by atoms with Crippen molar-refractivity contribution in [3.8, 4) is 5.88 Å². The van der Waals surface area contributed by atoms with Crippen molar-refractivity contribution < 1.29 is 9.47 Å². The molecule has 0 atom stereocenters. The zero-order valence-electron chi connectivity index (χ0n) is 12.6. The zero-order chi connectivity index (χ0) is 14.3. The number of nitrogens with zero attached hydrogens (tertiary/aromatic N) is 2. The molecule has 1 aromatic heterocycles. The normalized spacial score (nSPS) is 11.1. The van der Waals surface area contributed by atoms with Gasteiger partial charge in [0.15, 0.2) is 0 Å². The van der Waals surface area contributed by atoms with Crippen LogP contribution in [0.25, 0.3) is 0 Å². The van der Waals surface area contributed by atoms with E-state index in [-0.39, 0.29) is 12.0 Å². The first-order valence-electron chi connectivity index (χ1n) is 6.90. The molecule has 108 valence electrons. The molecule has 1 aromatic rings. The first-order valence-corrected chi connectivity index (χ1v) is 6.90. The molecule has 0 unspecified atom stereocenters. The molecule has 0 aromatic carbocycles. The summed E-state index contributed by atoms with van der Waals surface area (Å²) in [5.74, 6) is 2.47. The maximum atomic E-state index is 5.62. The molecule has 0 fully saturated rings. The van der Waals surface area contributed by atoms with Crippen LogP contribution >= 0.6 is 0 Å². The van der Waals surface area contributed by atoms with E-state index in [1.54, 1.807) is 0 Å². The highest BCUT2D eigenvalue weighted by atomic mass is 16.5. The fraction of sp³-hybridized carbons (Fsp3) is 0.714. The van der Waals surface area contributed by atoms with Gasteiger partial charge in [-0.2, -0.15) is 4.98 Å². The molecule has 0 aliphatic heterocycles. The first-order chi connectivity index (χ1) is 9.02. The largest absolute Gasteiger partial charge is 0.475 e. The molecule has 0 amide bonds. The van der Waals surface area contributed by atoms with E-state index in [0.717, 1.165) is 18.2 Å². The van der Waals surface area contributed by atoms with E-state index in [9.17, 15) is 0 Å². The monoisotopic (exact) mass is 267 g/mol. The van der Waals surface area contributed by atoms with Crippen molar-refractivity contribution in [2.75, 3.05) is 25.1 Å². The smallest absolute Gasteiger partial charge is 0.218 e. The van der Waals surface area contributed by atoms with Crippen LogP contribution in [0.4, 0.5) is 5.82 Å². The Morgan fingerprint density at radius 1 is 1.16 bits per heavy atom. The van der Waals surface area contributed by atoms with Crippen LogP contribution in [0, 0.1) is 0 Å². The minimum Gasteiger partial charge on any atom is -0.475 e. The van der Waals surface area contributed by atoms with Gasteiger partial charge in [0.2, 0.25) is 5.88 Å². The van der Waals surface area contributed by atoms with Crippen LogP contribution in [0.1, 0.15) is 46.4 Å². The minimum absolute atomic E-state index is 0.220. The molecule has 0 spiro atoms. The number of rotatable bonds is 8. The van der Waals surface area contributed by atoms with Crippen LogP contribution in [0.15, 0.2) is 6.07 Å². The Labute approximate surface area is 115 Å². The van der Waals surface area contributed by atoms with Crippen LogP contribution in [-0.2, 0) is 4.74 Å². The summed E-state index contributed by atoms with van der Waals surface area (Å²) in [4.78, 5) is 8.85. The summed E-state index contributed by atoms with van der Waals surface area (Å²) in [6.07, 6.45) is 0.220. The van der Waals surface area contributed by atoms with Crippen molar-refractivity contribution in [3.05, 3.63) is 11.9 Å². The van der Waals surface area contributed by atoms with Crippen LogP contribution in [0.5, 0.6) is 5.88 Å². The van der Waals surface area contributed by atoms with Crippen molar-refractivity contribution in [2.45, 2.75) is 46.6 Å². The Balaban J connectivity index is 2.65. The van der Waals surface area contributed by atoms with Crippen LogP contribution in [-0.4, -0.2) is 35.8 Å². The van der Waals surface area contributed by atoms with E-state index in [1.807, 2.05) is 26.8 Å². The lowest BCUT2D eigenvalue weighted by Crippen LogP contribution is -2.13. The Bertz CT molecular complexity index is 381. The SMILES string of the molecule is CCNc1cc(OCCOC(C)C)nc(C(C)C)n1. The molecule has 0 aliphatic rings. The molecule has 19 heavy (non-hydrogen) atoms. The summed E-state index contributed by atoms with van der Waals surface area (Å²) < 4.78 is 11.1. The van der Waals surface area contributed by atoms with Gasteiger partial charge in [0.05, 0.1) is 12.7 Å². The molecule has 5 nitrogen and oxygen atoms in total. The van der Waals surface area contributed by atoms with Gasteiger partial charge in [0, 0.05) is 18.5 Å². The molecular formula is C14H25N3O2. The Kier molecular flexibility index (Phi) is 6.56. The van der Waals surface area contributed by atoms with E-state index in [1.165, 1.54) is 0 Å². The molecule has 0 bridgehead atoms. The van der Waals surface area contributed by atoms with Crippen LogP contribution in [0.3, 0.4) is 0 Å². The molecule has 0 saturated carbocycles. The third kappa shape index (κ3) is 5.87. The second-order valence-electron chi connectivity index (χ2n) is 4.90. The van der Waals surface area contributed by atoms with E-state index >= 15 is 0 Å². The maximum Gasteiger partial charge on any atom is 0.218 e. The molecule has 1 heterocycles. The lowest BCUT2D eigenvalue weighted by molar-refractivity contribution is 0.0542. The van der Waals surface area contributed by atoms with Gasteiger partial charge in [0.1, 0.15) is 18.2 Å². The Hall–Kier alpha value is -1.36. The van der Waals surface area contributed by atoms with Gasteiger partial charge in [-0.25, -0.2) is 4.98 Å². The van der Waals surface area contributed by atoms with Gasteiger partial charge < -0.3 is 14.8 Å². The van der Waals surface area contributed by atoms with E-state index in [0.29, 0.717) is 19.1 Å². The quantitative estimate of drug-likeness (QED) is 0.734. The highest BCUT2D eigenvalue weighted by molar-refractivity contribution is 5.38. The Morgan fingerprint density at radius 3 is 2.47 bits per heavy atom. The molecule has 0 saturated heterocycles. The summed E-state index contributed by atoms with van der Waals surface area (Å²) in [7, 11) is 0. The molecule has 5 heteroatoms. The number of hydrogen-bond acceptors (Lipinski definition) is 5. The molecule has 1 N–H and O–H groups in total. The second kappa shape index (κ2) is 7.94. The summed E-state index contributed by atoms with van der Waals surface area (Å²) in [5.41, 5.74) is 0.